The second-order valence-corrected chi connectivity index (χ2v) is 6.62. The van der Waals surface area contributed by atoms with Crippen LogP contribution >= 0.6 is 11.3 Å². The normalized spacial score (nSPS) is 25.4. The highest BCUT2D eigenvalue weighted by atomic mass is 32.1. The van der Waals surface area contributed by atoms with Gasteiger partial charge in [-0.2, -0.15) is 11.3 Å². The first kappa shape index (κ1) is 14.0. The third-order valence-electron chi connectivity index (χ3n) is 3.72. The van der Waals surface area contributed by atoms with E-state index in [4.69, 9.17) is 0 Å². The summed E-state index contributed by atoms with van der Waals surface area (Å²) < 4.78 is 0. The van der Waals surface area contributed by atoms with Crippen molar-refractivity contribution in [2.75, 3.05) is 32.7 Å². The minimum absolute atomic E-state index is 0.875. The van der Waals surface area contributed by atoms with Gasteiger partial charge in [-0.3, -0.25) is 0 Å². The van der Waals surface area contributed by atoms with Gasteiger partial charge in [0.05, 0.1) is 0 Å². The predicted molar refractivity (Wildman–Crippen MR) is 80.3 cm³/mol. The van der Waals surface area contributed by atoms with Crippen molar-refractivity contribution in [3.63, 3.8) is 0 Å². The predicted octanol–water partition coefficient (Wildman–Crippen LogP) is 2.86. The van der Waals surface area contributed by atoms with Gasteiger partial charge in [-0.1, -0.05) is 13.8 Å². The maximum absolute atomic E-state index is 3.56. The number of hydrogen-bond donors (Lipinski definition) is 1. The second-order valence-electron chi connectivity index (χ2n) is 5.84. The summed E-state index contributed by atoms with van der Waals surface area (Å²) in [6, 6.07) is 2.22. The van der Waals surface area contributed by atoms with Crippen LogP contribution in [0.15, 0.2) is 16.8 Å². The van der Waals surface area contributed by atoms with Gasteiger partial charge in [-0.15, -0.1) is 0 Å². The largest absolute Gasteiger partial charge is 0.315 e. The van der Waals surface area contributed by atoms with Gasteiger partial charge in [0, 0.05) is 26.2 Å². The molecule has 2 rings (SSSR count). The molecule has 18 heavy (non-hydrogen) atoms. The lowest BCUT2D eigenvalue weighted by molar-refractivity contribution is 0.142. The zero-order valence-electron chi connectivity index (χ0n) is 11.7. The summed E-state index contributed by atoms with van der Waals surface area (Å²) in [6.07, 6.45) is 2.57. The van der Waals surface area contributed by atoms with Gasteiger partial charge < -0.3 is 10.2 Å². The van der Waals surface area contributed by atoms with Gasteiger partial charge in [0.15, 0.2) is 0 Å². The Labute approximate surface area is 115 Å². The lowest BCUT2D eigenvalue weighted by atomic mass is 9.92. The molecule has 1 N–H and O–H groups in total. The molecular weight excluding hydrogens is 240 g/mol. The third kappa shape index (κ3) is 4.71. The Hall–Kier alpha value is -0.380. The van der Waals surface area contributed by atoms with E-state index in [1.54, 1.807) is 11.3 Å². The van der Waals surface area contributed by atoms with Crippen LogP contribution in [0.1, 0.15) is 25.8 Å². The van der Waals surface area contributed by atoms with E-state index in [1.807, 2.05) is 0 Å². The molecule has 1 aromatic heterocycles. The van der Waals surface area contributed by atoms with Crippen molar-refractivity contribution in [2.45, 2.75) is 26.7 Å². The molecule has 2 atom stereocenters. The third-order valence-corrected chi connectivity index (χ3v) is 4.45. The first-order chi connectivity index (χ1) is 8.74. The standard InChI is InChI=1S/C15H26N2S/c1-13-9-14(2)11-17(10-13)7-6-16-5-3-15-4-8-18-12-15/h4,8,12-14,16H,3,5-7,9-11H2,1-2H3. The Morgan fingerprint density at radius 3 is 2.72 bits per heavy atom. The Morgan fingerprint density at radius 2 is 2.06 bits per heavy atom. The Bertz CT molecular complexity index is 313. The quantitative estimate of drug-likeness (QED) is 0.797. The maximum atomic E-state index is 3.56. The van der Waals surface area contributed by atoms with Gasteiger partial charge in [0.1, 0.15) is 0 Å². The van der Waals surface area contributed by atoms with Crippen molar-refractivity contribution >= 4 is 11.3 Å². The molecule has 1 aliphatic rings. The van der Waals surface area contributed by atoms with Crippen LogP contribution in [0.5, 0.6) is 0 Å². The second kappa shape index (κ2) is 7.27. The number of nitrogens with one attached hydrogen (secondary N) is 1. The van der Waals surface area contributed by atoms with Gasteiger partial charge in [-0.05, 0) is 53.6 Å². The monoisotopic (exact) mass is 266 g/mol. The molecular formula is C15H26N2S. The fourth-order valence-corrected chi connectivity index (χ4v) is 3.71. The molecule has 0 bridgehead atoms. The Kier molecular flexibility index (Phi) is 5.67. The van der Waals surface area contributed by atoms with Crippen LogP contribution in [0.25, 0.3) is 0 Å². The summed E-state index contributed by atoms with van der Waals surface area (Å²) in [4.78, 5) is 2.62. The van der Waals surface area contributed by atoms with Crippen LogP contribution in [-0.4, -0.2) is 37.6 Å². The average molecular weight is 266 g/mol. The highest BCUT2D eigenvalue weighted by molar-refractivity contribution is 7.07. The van der Waals surface area contributed by atoms with Crippen LogP contribution < -0.4 is 5.32 Å². The van der Waals surface area contributed by atoms with Crippen molar-refractivity contribution in [3.05, 3.63) is 22.4 Å². The molecule has 0 spiro atoms. The number of rotatable bonds is 6. The van der Waals surface area contributed by atoms with E-state index in [1.165, 1.54) is 31.6 Å². The SMILES string of the molecule is CC1CC(C)CN(CCNCCc2ccsc2)C1. The number of hydrogen-bond acceptors (Lipinski definition) is 3. The topological polar surface area (TPSA) is 15.3 Å². The molecule has 1 aliphatic heterocycles. The summed E-state index contributed by atoms with van der Waals surface area (Å²) >= 11 is 1.79. The molecule has 0 radical (unpaired) electrons. The summed E-state index contributed by atoms with van der Waals surface area (Å²) in [7, 11) is 0. The van der Waals surface area contributed by atoms with E-state index in [-0.39, 0.29) is 0 Å². The van der Waals surface area contributed by atoms with Gasteiger partial charge in [0.25, 0.3) is 0 Å². The molecule has 2 unspecified atom stereocenters. The molecule has 1 aromatic rings. The molecule has 1 saturated heterocycles. The van der Waals surface area contributed by atoms with Crippen molar-refractivity contribution < 1.29 is 0 Å². The molecule has 0 amide bonds. The zero-order chi connectivity index (χ0) is 12.8. The maximum Gasteiger partial charge on any atom is 0.0107 e. The molecule has 3 heteroatoms. The van der Waals surface area contributed by atoms with Crippen molar-refractivity contribution in [2.24, 2.45) is 11.8 Å². The summed E-state index contributed by atoms with van der Waals surface area (Å²) in [6.45, 7) is 10.8. The number of nitrogens with zero attached hydrogens (tertiary/aromatic N) is 1. The van der Waals surface area contributed by atoms with Gasteiger partial charge >= 0.3 is 0 Å². The molecule has 0 aliphatic carbocycles. The van der Waals surface area contributed by atoms with E-state index in [0.29, 0.717) is 0 Å². The van der Waals surface area contributed by atoms with Crippen molar-refractivity contribution in [3.8, 4) is 0 Å². The number of piperidine rings is 1. The van der Waals surface area contributed by atoms with E-state index >= 15 is 0 Å². The summed E-state index contributed by atoms with van der Waals surface area (Å²) in [5.41, 5.74) is 1.47. The van der Waals surface area contributed by atoms with Crippen LogP contribution in [0, 0.1) is 11.8 Å². The van der Waals surface area contributed by atoms with Crippen LogP contribution in [0.3, 0.4) is 0 Å². The van der Waals surface area contributed by atoms with E-state index in [2.05, 4.69) is 40.9 Å². The van der Waals surface area contributed by atoms with Crippen LogP contribution in [0.2, 0.25) is 0 Å². The number of thiophene rings is 1. The molecule has 0 saturated carbocycles. The first-order valence-corrected chi connectivity index (χ1v) is 8.12. The molecule has 2 nitrogen and oxygen atoms in total. The lowest BCUT2D eigenvalue weighted by Crippen LogP contribution is -2.42. The van der Waals surface area contributed by atoms with Crippen LogP contribution in [-0.2, 0) is 6.42 Å². The number of likely N-dealkylation sites (tertiary alicyclic amines) is 1. The molecule has 102 valence electrons. The van der Waals surface area contributed by atoms with E-state index in [0.717, 1.165) is 31.3 Å². The smallest absolute Gasteiger partial charge is 0.0107 e. The zero-order valence-corrected chi connectivity index (χ0v) is 12.5. The molecule has 1 fully saturated rings. The summed E-state index contributed by atoms with van der Waals surface area (Å²) in [5.74, 6) is 1.75. The Balaban J connectivity index is 1.55. The first-order valence-electron chi connectivity index (χ1n) is 7.18. The van der Waals surface area contributed by atoms with Crippen molar-refractivity contribution in [1.29, 1.82) is 0 Å². The lowest BCUT2D eigenvalue weighted by Gasteiger charge is -2.34. The van der Waals surface area contributed by atoms with Gasteiger partial charge in [0.2, 0.25) is 0 Å². The van der Waals surface area contributed by atoms with Gasteiger partial charge in [-0.25, -0.2) is 0 Å². The highest BCUT2D eigenvalue weighted by Gasteiger charge is 2.20. The minimum Gasteiger partial charge on any atom is -0.315 e. The fraction of sp³-hybridized carbons (Fsp3) is 0.733. The molecule has 0 aromatic carbocycles. The highest BCUT2D eigenvalue weighted by Crippen LogP contribution is 2.20. The van der Waals surface area contributed by atoms with E-state index < -0.39 is 0 Å². The minimum atomic E-state index is 0.875. The summed E-state index contributed by atoms with van der Waals surface area (Å²) in [5, 5.41) is 7.97. The fourth-order valence-electron chi connectivity index (χ4n) is 3.00. The Morgan fingerprint density at radius 1 is 1.28 bits per heavy atom. The van der Waals surface area contributed by atoms with E-state index in [9.17, 15) is 0 Å². The molecule has 2 heterocycles. The average Bonchev–Trinajstić information content (AvgIpc) is 2.80. The van der Waals surface area contributed by atoms with Crippen molar-refractivity contribution in [1.82, 2.24) is 10.2 Å². The van der Waals surface area contributed by atoms with Crippen LogP contribution in [0.4, 0.5) is 0 Å².